The lowest BCUT2D eigenvalue weighted by molar-refractivity contribution is 0.318. The molecule has 0 aliphatic rings. The number of amidine groups is 1. The van der Waals surface area contributed by atoms with E-state index in [2.05, 4.69) is 21.1 Å². The summed E-state index contributed by atoms with van der Waals surface area (Å²) in [6, 6.07) is 12.2. The molecular formula is C13H10BrClN2O2. The predicted octanol–water partition coefficient (Wildman–Crippen LogP) is 3.99. The Hall–Kier alpha value is -1.72. The first-order chi connectivity index (χ1) is 9.10. The molecule has 6 heteroatoms. The number of hydrogen-bond donors (Lipinski definition) is 2. The summed E-state index contributed by atoms with van der Waals surface area (Å²) < 4.78 is 6.49. The molecule has 2 aromatic carbocycles. The van der Waals surface area contributed by atoms with E-state index in [9.17, 15) is 0 Å². The topological polar surface area (TPSA) is 67.8 Å². The number of nitrogens with zero attached hydrogens (tertiary/aromatic N) is 1. The number of halogens is 2. The van der Waals surface area contributed by atoms with Crippen molar-refractivity contribution in [3.63, 3.8) is 0 Å². The highest BCUT2D eigenvalue weighted by Gasteiger charge is 2.10. The first kappa shape index (κ1) is 13.7. The molecule has 0 amide bonds. The molecule has 2 aromatic rings. The van der Waals surface area contributed by atoms with Crippen LogP contribution in [-0.4, -0.2) is 11.0 Å². The van der Waals surface area contributed by atoms with Gasteiger partial charge < -0.3 is 15.7 Å². The second kappa shape index (κ2) is 5.95. The molecule has 0 saturated carbocycles. The van der Waals surface area contributed by atoms with E-state index >= 15 is 0 Å². The molecule has 2 rings (SSSR count). The molecule has 98 valence electrons. The van der Waals surface area contributed by atoms with Crippen molar-refractivity contribution in [3.05, 3.63) is 57.5 Å². The summed E-state index contributed by atoms with van der Waals surface area (Å²) in [5.41, 5.74) is 6.10. The Morgan fingerprint density at radius 3 is 2.74 bits per heavy atom. The van der Waals surface area contributed by atoms with E-state index in [1.807, 2.05) is 0 Å². The van der Waals surface area contributed by atoms with Crippen LogP contribution in [0.4, 0.5) is 0 Å². The van der Waals surface area contributed by atoms with Crippen molar-refractivity contribution in [2.75, 3.05) is 0 Å². The predicted molar refractivity (Wildman–Crippen MR) is 78.2 cm³/mol. The minimum atomic E-state index is -0.0293. The fraction of sp³-hybridized carbons (Fsp3) is 0. The summed E-state index contributed by atoms with van der Waals surface area (Å²) in [6.45, 7) is 0. The number of nitrogens with two attached hydrogens (primary N) is 1. The van der Waals surface area contributed by atoms with Crippen LogP contribution in [0.15, 0.2) is 52.1 Å². The normalized spacial score (nSPS) is 11.4. The fourth-order valence-electron chi connectivity index (χ4n) is 1.50. The smallest absolute Gasteiger partial charge is 0.173 e. The Morgan fingerprint density at radius 2 is 2.05 bits per heavy atom. The zero-order valence-corrected chi connectivity index (χ0v) is 12.0. The lowest BCUT2D eigenvalue weighted by Crippen LogP contribution is -2.14. The number of rotatable bonds is 3. The van der Waals surface area contributed by atoms with Gasteiger partial charge in [-0.05, 0) is 36.4 Å². The average molecular weight is 342 g/mol. The highest BCUT2D eigenvalue weighted by molar-refractivity contribution is 9.10. The number of benzene rings is 2. The second-order valence-corrected chi connectivity index (χ2v) is 5.04. The molecular weight excluding hydrogens is 332 g/mol. The standard InChI is InChI=1S/C13H10BrClN2O2/c14-8-4-5-12(11(6-8)13(16)17-18)19-10-3-1-2-9(15)7-10/h1-7,18H,(H2,16,17). The summed E-state index contributed by atoms with van der Waals surface area (Å²) in [7, 11) is 0. The largest absolute Gasteiger partial charge is 0.457 e. The van der Waals surface area contributed by atoms with E-state index in [0.717, 1.165) is 4.47 Å². The van der Waals surface area contributed by atoms with Crippen molar-refractivity contribution in [3.8, 4) is 11.5 Å². The molecule has 3 N–H and O–H groups in total. The second-order valence-electron chi connectivity index (χ2n) is 3.69. The lowest BCUT2D eigenvalue weighted by atomic mass is 10.2. The minimum absolute atomic E-state index is 0.0293. The Balaban J connectivity index is 2.40. The van der Waals surface area contributed by atoms with E-state index in [4.69, 9.17) is 27.3 Å². The van der Waals surface area contributed by atoms with Crippen molar-refractivity contribution in [1.29, 1.82) is 0 Å². The third-order valence-corrected chi connectivity index (χ3v) is 3.08. The van der Waals surface area contributed by atoms with Crippen LogP contribution in [0.1, 0.15) is 5.56 Å². The molecule has 0 atom stereocenters. The van der Waals surface area contributed by atoms with Gasteiger partial charge in [0, 0.05) is 9.50 Å². The summed E-state index contributed by atoms with van der Waals surface area (Å²) in [5.74, 6) is 1.01. The van der Waals surface area contributed by atoms with Gasteiger partial charge in [-0.1, -0.05) is 38.8 Å². The summed E-state index contributed by atoms with van der Waals surface area (Å²) >= 11 is 9.21. The molecule has 0 saturated heterocycles. The van der Waals surface area contributed by atoms with Crippen molar-refractivity contribution in [2.24, 2.45) is 10.9 Å². The zero-order valence-electron chi connectivity index (χ0n) is 9.68. The summed E-state index contributed by atoms with van der Waals surface area (Å²) in [4.78, 5) is 0. The molecule has 19 heavy (non-hydrogen) atoms. The van der Waals surface area contributed by atoms with Gasteiger partial charge >= 0.3 is 0 Å². The van der Waals surface area contributed by atoms with Gasteiger partial charge in [-0.3, -0.25) is 0 Å². The highest BCUT2D eigenvalue weighted by atomic mass is 79.9. The van der Waals surface area contributed by atoms with Gasteiger partial charge in [0.25, 0.3) is 0 Å². The number of oxime groups is 1. The highest BCUT2D eigenvalue weighted by Crippen LogP contribution is 2.29. The van der Waals surface area contributed by atoms with E-state index in [0.29, 0.717) is 22.1 Å². The van der Waals surface area contributed by atoms with Crippen LogP contribution in [0, 0.1) is 0 Å². The molecule has 4 nitrogen and oxygen atoms in total. The van der Waals surface area contributed by atoms with E-state index in [-0.39, 0.29) is 5.84 Å². The van der Waals surface area contributed by atoms with Gasteiger partial charge in [0.1, 0.15) is 11.5 Å². The van der Waals surface area contributed by atoms with Crippen molar-refractivity contribution in [1.82, 2.24) is 0 Å². The summed E-state index contributed by atoms with van der Waals surface area (Å²) in [5, 5.41) is 12.3. The van der Waals surface area contributed by atoms with Gasteiger partial charge in [0.2, 0.25) is 0 Å². The first-order valence-corrected chi connectivity index (χ1v) is 6.48. The maximum atomic E-state index is 8.78. The van der Waals surface area contributed by atoms with E-state index in [1.165, 1.54) is 0 Å². The van der Waals surface area contributed by atoms with Gasteiger partial charge in [-0.2, -0.15) is 0 Å². The number of hydrogen-bond acceptors (Lipinski definition) is 3. The monoisotopic (exact) mass is 340 g/mol. The van der Waals surface area contributed by atoms with Crippen molar-refractivity contribution in [2.45, 2.75) is 0 Å². The molecule has 0 aliphatic carbocycles. The molecule has 0 heterocycles. The first-order valence-electron chi connectivity index (χ1n) is 5.31. The Labute approximate surface area is 123 Å². The maximum absolute atomic E-state index is 8.78. The third-order valence-electron chi connectivity index (χ3n) is 2.35. The van der Waals surface area contributed by atoms with Crippen molar-refractivity contribution < 1.29 is 9.94 Å². The van der Waals surface area contributed by atoms with Crippen LogP contribution < -0.4 is 10.5 Å². The quantitative estimate of drug-likeness (QED) is 0.384. The van der Waals surface area contributed by atoms with Crippen LogP contribution in [0.25, 0.3) is 0 Å². The Kier molecular flexibility index (Phi) is 4.29. The SMILES string of the molecule is N/C(=N/O)c1cc(Br)ccc1Oc1cccc(Cl)c1. The molecule has 0 fully saturated rings. The van der Waals surface area contributed by atoms with Gasteiger partial charge in [0.05, 0.1) is 5.56 Å². The van der Waals surface area contributed by atoms with Gasteiger partial charge in [-0.25, -0.2) is 0 Å². The minimum Gasteiger partial charge on any atom is -0.457 e. The molecule has 0 radical (unpaired) electrons. The maximum Gasteiger partial charge on any atom is 0.173 e. The average Bonchev–Trinajstić information content (AvgIpc) is 2.40. The molecule has 0 aromatic heterocycles. The lowest BCUT2D eigenvalue weighted by Gasteiger charge is -2.11. The van der Waals surface area contributed by atoms with Crippen LogP contribution in [0.5, 0.6) is 11.5 Å². The summed E-state index contributed by atoms with van der Waals surface area (Å²) in [6.07, 6.45) is 0. The number of ether oxygens (including phenoxy) is 1. The van der Waals surface area contributed by atoms with Crippen LogP contribution in [-0.2, 0) is 0 Å². The Morgan fingerprint density at radius 1 is 1.26 bits per heavy atom. The van der Waals surface area contributed by atoms with E-state index < -0.39 is 0 Å². The zero-order chi connectivity index (χ0) is 13.8. The molecule has 0 unspecified atom stereocenters. The van der Waals surface area contributed by atoms with Crippen molar-refractivity contribution >= 4 is 33.4 Å². The third kappa shape index (κ3) is 3.39. The van der Waals surface area contributed by atoms with Crippen LogP contribution >= 0.6 is 27.5 Å². The van der Waals surface area contributed by atoms with E-state index in [1.54, 1.807) is 42.5 Å². The van der Waals surface area contributed by atoms with Crippen LogP contribution in [0.3, 0.4) is 0 Å². The Bertz CT molecular complexity index is 632. The molecule has 0 aliphatic heterocycles. The van der Waals surface area contributed by atoms with Gasteiger partial charge in [-0.15, -0.1) is 0 Å². The molecule has 0 spiro atoms. The molecule has 0 bridgehead atoms. The van der Waals surface area contributed by atoms with Crippen LogP contribution in [0.2, 0.25) is 5.02 Å². The van der Waals surface area contributed by atoms with Gasteiger partial charge in [0.15, 0.2) is 5.84 Å². The fourth-order valence-corrected chi connectivity index (χ4v) is 2.04.